The number of ketones is 1. The molecule has 11 nitrogen and oxygen atoms in total. The van der Waals surface area contributed by atoms with Crippen LogP contribution in [0.1, 0.15) is 24.2 Å². The first kappa shape index (κ1) is 24.8. The molecule has 2 saturated heterocycles. The van der Waals surface area contributed by atoms with Gasteiger partial charge in [-0.25, -0.2) is 17.9 Å². The number of ether oxygens (including phenoxy) is 3. The van der Waals surface area contributed by atoms with Crippen LogP contribution in [0.4, 0.5) is 16.2 Å². The summed E-state index contributed by atoms with van der Waals surface area (Å²) >= 11 is 0. The molecule has 0 radical (unpaired) electrons. The van der Waals surface area contributed by atoms with Gasteiger partial charge in [-0.2, -0.15) is 0 Å². The molecule has 4 atom stereocenters. The maximum atomic E-state index is 12.8. The number of carbonyl (C=O) groups excluding carboxylic acids is 3. The van der Waals surface area contributed by atoms with Gasteiger partial charge in [-0.05, 0) is 55.5 Å². The van der Waals surface area contributed by atoms with Crippen molar-refractivity contribution in [2.24, 2.45) is 0 Å². The van der Waals surface area contributed by atoms with Crippen LogP contribution in [0.25, 0.3) is 0 Å². The summed E-state index contributed by atoms with van der Waals surface area (Å²) in [6.45, 7) is 2.91. The number of benzene rings is 2. The van der Waals surface area contributed by atoms with Crippen molar-refractivity contribution < 1.29 is 37.0 Å². The fourth-order valence-corrected chi connectivity index (χ4v) is 5.16. The standard InChI is InChI=1S/C23H25N3O8S/c1-13(27)15-3-5-17(6-4-15)25-23(29)34-20-12-33-21-19(11-32-22(20)21)26-35(30,31)18-9-7-16(8-10-18)24-14(2)28/h3-10,19-22,26H,11-12H2,1-2H3,(H,24,28)(H,25,29)/t19-,20-,21-,22+/m0/s1. The Balaban J connectivity index is 1.33. The van der Waals surface area contributed by atoms with E-state index in [9.17, 15) is 22.8 Å². The Labute approximate surface area is 202 Å². The second kappa shape index (κ2) is 10.1. The third-order valence-electron chi connectivity index (χ3n) is 5.60. The second-order valence-electron chi connectivity index (χ2n) is 8.23. The van der Waals surface area contributed by atoms with Crippen LogP contribution in [0, 0.1) is 0 Å². The number of rotatable bonds is 7. The molecular formula is C23H25N3O8S. The summed E-state index contributed by atoms with van der Waals surface area (Å²) in [5.41, 5.74) is 1.46. The molecule has 0 spiro atoms. The van der Waals surface area contributed by atoms with Crippen molar-refractivity contribution in [1.82, 2.24) is 4.72 Å². The van der Waals surface area contributed by atoms with Gasteiger partial charge in [0.1, 0.15) is 12.2 Å². The lowest BCUT2D eigenvalue weighted by molar-refractivity contribution is -0.114. The zero-order chi connectivity index (χ0) is 25.2. The third kappa shape index (κ3) is 5.85. The van der Waals surface area contributed by atoms with Crippen molar-refractivity contribution in [1.29, 1.82) is 0 Å². The van der Waals surface area contributed by atoms with E-state index in [2.05, 4.69) is 15.4 Å². The van der Waals surface area contributed by atoms with E-state index in [-0.39, 0.29) is 29.8 Å². The quantitative estimate of drug-likeness (QED) is 0.485. The zero-order valence-corrected chi connectivity index (χ0v) is 19.8. The summed E-state index contributed by atoms with van der Waals surface area (Å²) in [6, 6.07) is 11.4. The Morgan fingerprint density at radius 1 is 0.857 bits per heavy atom. The Bertz CT molecular complexity index is 1210. The average molecular weight is 504 g/mol. The Morgan fingerprint density at radius 2 is 1.46 bits per heavy atom. The molecule has 35 heavy (non-hydrogen) atoms. The summed E-state index contributed by atoms with van der Waals surface area (Å²) in [6.07, 6.45) is -2.70. The van der Waals surface area contributed by atoms with Crippen molar-refractivity contribution in [2.75, 3.05) is 23.8 Å². The van der Waals surface area contributed by atoms with Gasteiger partial charge >= 0.3 is 6.09 Å². The lowest BCUT2D eigenvalue weighted by Gasteiger charge is -2.18. The lowest BCUT2D eigenvalue weighted by atomic mass is 10.1. The first-order valence-corrected chi connectivity index (χ1v) is 12.3. The van der Waals surface area contributed by atoms with E-state index in [1.807, 2.05) is 0 Å². The summed E-state index contributed by atoms with van der Waals surface area (Å²) in [5.74, 6) is -0.346. The number of carbonyl (C=O) groups is 3. The first-order chi connectivity index (χ1) is 16.6. The van der Waals surface area contributed by atoms with Gasteiger partial charge in [0.25, 0.3) is 0 Å². The van der Waals surface area contributed by atoms with Crippen LogP contribution in [0.15, 0.2) is 53.4 Å². The molecular weight excluding hydrogens is 478 g/mol. The number of anilines is 2. The third-order valence-corrected chi connectivity index (χ3v) is 7.10. The number of nitrogens with one attached hydrogen (secondary N) is 3. The van der Waals surface area contributed by atoms with Gasteiger partial charge in [0.2, 0.25) is 15.9 Å². The van der Waals surface area contributed by atoms with E-state index < -0.39 is 40.5 Å². The number of amides is 2. The van der Waals surface area contributed by atoms with Gasteiger partial charge in [-0.15, -0.1) is 0 Å². The summed E-state index contributed by atoms with van der Waals surface area (Å²) in [5, 5.41) is 5.16. The molecule has 0 bridgehead atoms. The van der Waals surface area contributed by atoms with Crippen molar-refractivity contribution in [2.45, 2.75) is 43.1 Å². The van der Waals surface area contributed by atoms with E-state index in [4.69, 9.17) is 14.2 Å². The Kier molecular flexibility index (Phi) is 7.17. The minimum atomic E-state index is -3.89. The highest BCUT2D eigenvalue weighted by molar-refractivity contribution is 7.89. The number of fused-ring (bicyclic) bond motifs is 1. The molecule has 12 heteroatoms. The highest BCUT2D eigenvalue weighted by atomic mass is 32.2. The molecule has 0 aliphatic carbocycles. The molecule has 3 N–H and O–H groups in total. The fourth-order valence-electron chi connectivity index (χ4n) is 3.93. The SMILES string of the molecule is CC(=O)Nc1ccc(S(=O)(=O)N[C@H]2CO[C@H]3[C@H]2OC[C@@H]3OC(=O)Nc2ccc(C(C)=O)cc2)cc1. The molecule has 0 aromatic heterocycles. The molecule has 2 aliphatic heterocycles. The van der Waals surface area contributed by atoms with Gasteiger partial charge in [-0.3, -0.25) is 14.9 Å². The highest BCUT2D eigenvalue weighted by Gasteiger charge is 2.50. The maximum Gasteiger partial charge on any atom is 0.412 e. The number of hydrogen-bond donors (Lipinski definition) is 3. The second-order valence-corrected chi connectivity index (χ2v) is 9.95. The van der Waals surface area contributed by atoms with E-state index in [1.54, 1.807) is 24.3 Å². The number of sulfonamides is 1. The van der Waals surface area contributed by atoms with E-state index in [1.165, 1.54) is 38.1 Å². The molecule has 0 saturated carbocycles. The van der Waals surface area contributed by atoms with Crippen LogP contribution < -0.4 is 15.4 Å². The monoisotopic (exact) mass is 503 g/mol. The molecule has 0 unspecified atom stereocenters. The van der Waals surface area contributed by atoms with Crippen LogP contribution in [0.3, 0.4) is 0 Å². The molecule has 4 rings (SSSR count). The van der Waals surface area contributed by atoms with Crippen molar-refractivity contribution in [3.05, 3.63) is 54.1 Å². The first-order valence-electron chi connectivity index (χ1n) is 10.8. The van der Waals surface area contributed by atoms with Crippen molar-refractivity contribution in [3.8, 4) is 0 Å². The molecule has 186 valence electrons. The Hall–Kier alpha value is -3.32. The number of Topliss-reactive ketones (excluding diaryl/α,β-unsaturated/α-hetero) is 1. The molecule has 2 aliphatic rings. The molecule has 2 aromatic carbocycles. The predicted molar refractivity (Wildman–Crippen MR) is 125 cm³/mol. The van der Waals surface area contributed by atoms with Crippen LogP contribution in [-0.4, -0.2) is 63.8 Å². The van der Waals surface area contributed by atoms with Gasteiger partial charge in [-0.1, -0.05) is 0 Å². The van der Waals surface area contributed by atoms with Gasteiger partial charge in [0.15, 0.2) is 11.9 Å². The summed E-state index contributed by atoms with van der Waals surface area (Å²) in [4.78, 5) is 34.8. The van der Waals surface area contributed by atoms with E-state index in [0.717, 1.165) is 0 Å². The van der Waals surface area contributed by atoms with Crippen LogP contribution in [0.5, 0.6) is 0 Å². The van der Waals surface area contributed by atoms with Crippen molar-refractivity contribution >= 4 is 39.2 Å². The molecule has 2 heterocycles. The normalized spacial score (nSPS) is 23.4. The van der Waals surface area contributed by atoms with E-state index in [0.29, 0.717) is 16.9 Å². The van der Waals surface area contributed by atoms with Crippen LogP contribution in [0.2, 0.25) is 0 Å². The largest absolute Gasteiger partial charge is 0.441 e. The maximum absolute atomic E-state index is 12.8. The smallest absolute Gasteiger partial charge is 0.412 e. The lowest BCUT2D eigenvalue weighted by Crippen LogP contribution is -2.44. The molecule has 2 amide bonds. The van der Waals surface area contributed by atoms with Gasteiger partial charge < -0.3 is 19.5 Å². The zero-order valence-electron chi connectivity index (χ0n) is 19.0. The predicted octanol–water partition coefficient (Wildman–Crippen LogP) is 1.91. The van der Waals surface area contributed by atoms with Crippen molar-refractivity contribution in [3.63, 3.8) is 0 Å². The number of hydrogen-bond acceptors (Lipinski definition) is 8. The fraction of sp³-hybridized carbons (Fsp3) is 0.348. The Morgan fingerprint density at radius 3 is 2.09 bits per heavy atom. The highest BCUT2D eigenvalue weighted by Crippen LogP contribution is 2.30. The van der Waals surface area contributed by atoms with Crippen LogP contribution in [-0.2, 0) is 29.0 Å². The topological polar surface area (TPSA) is 149 Å². The average Bonchev–Trinajstić information content (AvgIpc) is 3.37. The van der Waals surface area contributed by atoms with Gasteiger partial charge in [0, 0.05) is 23.9 Å². The molecule has 2 aromatic rings. The van der Waals surface area contributed by atoms with E-state index >= 15 is 0 Å². The minimum absolute atomic E-state index is 0.0241. The van der Waals surface area contributed by atoms with Crippen LogP contribution >= 0.6 is 0 Å². The van der Waals surface area contributed by atoms with Gasteiger partial charge in [0.05, 0.1) is 24.2 Å². The summed E-state index contributed by atoms with van der Waals surface area (Å²) in [7, 11) is -3.89. The minimum Gasteiger partial charge on any atom is -0.441 e. The molecule has 2 fully saturated rings. The summed E-state index contributed by atoms with van der Waals surface area (Å²) < 4.78 is 45.0.